The second kappa shape index (κ2) is 6.56. The molecule has 0 aliphatic rings. The van der Waals surface area contributed by atoms with Gasteiger partial charge in [-0.3, -0.25) is 4.98 Å². The first-order valence-corrected chi connectivity index (χ1v) is 6.89. The fraction of sp³-hybridized carbons (Fsp3) is 0.333. The molecule has 0 aliphatic carbocycles. The minimum atomic E-state index is 0.480. The smallest absolute Gasteiger partial charge is 0.182 e. The van der Waals surface area contributed by atoms with Crippen LogP contribution in [-0.4, -0.2) is 16.5 Å². The lowest BCUT2D eigenvalue weighted by Gasteiger charge is -2.03. The first kappa shape index (κ1) is 13.1. The molecule has 0 bridgehead atoms. The zero-order chi connectivity index (χ0) is 12.8. The van der Waals surface area contributed by atoms with Crippen molar-refractivity contribution in [2.45, 2.75) is 20.0 Å². The van der Waals surface area contributed by atoms with Crippen LogP contribution >= 0.6 is 22.9 Å². The van der Waals surface area contributed by atoms with Gasteiger partial charge in [0, 0.05) is 25.0 Å². The molecule has 18 heavy (non-hydrogen) atoms. The van der Waals surface area contributed by atoms with Crippen LogP contribution in [0.15, 0.2) is 24.7 Å². The van der Waals surface area contributed by atoms with Crippen LogP contribution in [0.2, 0.25) is 5.02 Å². The third-order valence-electron chi connectivity index (χ3n) is 2.14. The Morgan fingerprint density at radius 1 is 1.39 bits per heavy atom. The van der Waals surface area contributed by atoms with E-state index in [1.54, 1.807) is 29.8 Å². The van der Waals surface area contributed by atoms with Crippen molar-refractivity contribution in [1.82, 2.24) is 9.97 Å². The number of hydrogen-bond donors (Lipinski definition) is 1. The zero-order valence-electron chi connectivity index (χ0n) is 10.0. The predicted molar refractivity (Wildman–Crippen MR) is 74.5 cm³/mol. The number of rotatable bonds is 6. The third kappa shape index (κ3) is 3.85. The quantitative estimate of drug-likeness (QED) is 0.880. The molecule has 0 unspecified atom stereocenters. The van der Waals surface area contributed by atoms with Gasteiger partial charge in [-0.2, -0.15) is 0 Å². The molecule has 0 amide bonds. The Balaban J connectivity index is 1.88. The molecular formula is C12H14ClN3OS. The molecule has 1 N–H and O–H groups in total. The number of thiazole rings is 1. The summed E-state index contributed by atoms with van der Waals surface area (Å²) in [6, 6.07) is 1.74. The summed E-state index contributed by atoms with van der Waals surface area (Å²) in [4.78, 5) is 9.29. The van der Waals surface area contributed by atoms with Crippen molar-refractivity contribution in [2.24, 2.45) is 0 Å². The van der Waals surface area contributed by atoms with E-state index in [-0.39, 0.29) is 0 Å². The topological polar surface area (TPSA) is 47.0 Å². The highest BCUT2D eigenvalue weighted by atomic mass is 35.5. The molecule has 0 spiro atoms. The molecule has 0 fully saturated rings. The fourth-order valence-corrected chi connectivity index (χ4v) is 2.23. The van der Waals surface area contributed by atoms with E-state index in [4.69, 9.17) is 16.3 Å². The molecule has 96 valence electrons. The highest BCUT2D eigenvalue weighted by Crippen LogP contribution is 2.21. The van der Waals surface area contributed by atoms with Crippen molar-refractivity contribution in [1.29, 1.82) is 0 Å². The van der Waals surface area contributed by atoms with Crippen LogP contribution in [0.1, 0.15) is 18.2 Å². The number of ether oxygens (including phenoxy) is 1. The van der Waals surface area contributed by atoms with E-state index < -0.39 is 0 Å². The maximum Gasteiger partial charge on any atom is 0.182 e. The highest BCUT2D eigenvalue weighted by Gasteiger charge is 2.03. The molecule has 2 aromatic rings. The van der Waals surface area contributed by atoms with Gasteiger partial charge in [0.1, 0.15) is 12.4 Å². The normalized spacial score (nSPS) is 10.3. The van der Waals surface area contributed by atoms with Crippen molar-refractivity contribution < 1.29 is 4.74 Å². The molecule has 2 heterocycles. The molecule has 6 heteroatoms. The number of aromatic nitrogens is 2. The average Bonchev–Trinajstić information content (AvgIpc) is 2.82. The van der Waals surface area contributed by atoms with Crippen molar-refractivity contribution in [3.8, 4) is 5.75 Å². The molecule has 0 atom stereocenters. The van der Waals surface area contributed by atoms with Crippen LogP contribution in [0.4, 0.5) is 5.13 Å². The van der Waals surface area contributed by atoms with Gasteiger partial charge in [-0.25, -0.2) is 4.98 Å². The van der Waals surface area contributed by atoms with Gasteiger partial charge in [0.15, 0.2) is 5.13 Å². The standard InChI is InChI=1S/C12H14ClN3OS/c1-2-3-15-12-16-7-11(18-12)8-17-10-4-9(13)5-14-6-10/h4-7H,2-3,8H2,1H3,(H,15,16). The van der Waals surface area contributed by atoms with E-state index >= 15 is 0 Å². The van der Waals surface area contributed by atoms with E-state index in [0.717, 1.165) is 23.0 Å². The van der Waals surface area contributed by atoms with Gasteiger partial charge in [0.05, 0.1) is 16.1 Å². The molecular weight excluding hydrogens is 270 g/mol. The highest BCUT2D eigenvalue weighted by molar-refractivity contribution is 7.15. The minimum absolute atomic E-state index is 0.480. The van der Waals surface area contributed by atoms with Gasteiger partial charge in [-0.15, -0.1) is 0 Å². The van der Waals surface area contributed by atoms with Crippen LogP contribution < -0.4 is 10.1 Å². The van der Waals surface area contributed by atoms with Gasteiger partial charge in [-0.05, 0) is 6.42 Å². The van der Waals surface area contributed by atoms with E-state index in [1.165, 1.54) is 0 Å². The second-order valence-electron chi connectivity index (χ2n) is 3.69. The Morgan fingerprint density at radius 2 is 2.28 bits per heavy atom. The number of halogens is 1. The second-order valence-corrected chi connectivity index (χ2v) is 5.24. The summed E-state index contributed by atoms with van der Waals surface area (Å²) >= 11 is 7.42. The van der Waals surface area contributed by atoms with E-state index in [9.17, 15) is 0 Å². The number of nitrogens with one attached hydrogen (secondary N) is 1. The van der Waals surface area contributed by atoms with Crippen LogP contribution in [0, 0.1) is 0 Å². The van der Waals surface area contributed by atoms with E-state index in [2.05, 4.69) is 22.2 Å². The first-order valence-electron chi connectivity index (χ1n) is 5.70. The molecule has 4 nitrogen and oxygen atoms in total. The lowest BCUT2D eigenvalue weighted by molar-refractivity contribution is 0.308. The average molecular weight is 284 g/mol. The number of nitrogens with zero attached hydrogens (tertiary/aromatic N) is 2. The Morgan fingerprint density at radius 3 is 3.06 bits per heavy atom. The van der Waals surface area contributed by atoms with Crippen molar-refractivity contribution >= 4 is 28.1 Å². The van der Waals surface area contributed by atoms with Crippen LogP contribution in [0.25, 0.3) is 0 Å². The molecule has 0 saturated carbocycles. The van der Waals surface area contributed by atoms with E-state index in [0.29, 0.717) is 17.4 Å². The zero-order valence-corrected chi connectivity index (χ0v) is 11.6. The summed E-state index contributed by atoms with van der Waals surface area (Å²) in [6.07, 6.45) is 6.12. The summed E-state index contributed by atoms with van der Waals surface area (Å²) in [6.45, 7) is 3.54. The summed E-state index contributed by atoms with van der Waals surface area (Å²) in [5, 5.41) is 4.74. The van der Waals surface area contributed by atoms with Crippen molar-refractivity contribution in [3.05, 3.63) is 34.6 Å². The van der Waals surface area contributed by atoms with Crippen LogP contribution in [-0.2, 0) is 6.61 Å². The van der Waals surface area contributed by atoms with Crippen molar-refractivity contribution in [3.63, 3.8) is 0 Å². The van der Waals surface area contributed by atoms with Gasteiger partial charge < -0.3 is 10.1 Å². The summed E-state index contributed by atoms with van der Waals surface area (Å²) < 4.78 is 5.59. The number of hydrogen-bond acceptors (Lipinski definition) is 5. The molecule has 0 saturated heterocycles. The maximum absolute atomic E-state index is 5.83. The summed E-state index contributed by atoms with van der Waals surface area (Å²) in [5.74, 6) is 0.666. The molecule has 2 aromatic heterocycles. The Kier molecular flexibility index (Phi) is 4.78. The summed E-state index contributed by atoms with van der Waals surface area (Å²) in [7, 11) is 0. The fourth-order valence-electron chi connectivity index (χ4n) is 1.31. The van der Waals surface area contributed by atoms with E-state index in [1.807, 2.05) is 6.20 Å². The number of pyridine rings is 1. The first-order chi connectivity index (χ1) is 8.78. The summed E-state index contributed by atoms with van der Waals surface area (Å²) in [5.41, 5.74) is 0. The molecule has 0 aromatic carbocycles. The van der Waals surface area contributed by atoms with Crippen molar-refractivity contribution in [2.75, 3.05) is 11.9 Å². The lowest BCUT2D eigenvalue weighted by atomic mass is 10.4. The third-order valence-corrected chi connectivity index (χ3v) is 3.28. The van der Waals surface area contributed by atoms with Crippen LogP contribution in [0.3, 0.4) is 0 Å². The van der Waals surface area contributed by atoms with Gasteiger partial charge in [-0.1, -0.05) is 29.9 Å². The lowest BCUT2D eigenvalue weighted by Crippen LogP contribution is -1.97. The number of anilines is 1. The van der Waals surface area contributed by atoms with Gasteiger partial charge in [0.2, 0.25) is 0 Å². The molecule has 0 aliphatic heterocycles. The largest absolute Gasteiger partial charge is 0.486 e. The predicted octanol–water partition coefficient (Wildman–Crippen LogP) is 3.59. The Hall–Kier alpha value is -1.33. The maximum atomic E-state index is 5.83. The monoisotopic (exact) mass is 283 g/mol. The van der Waals surface area contributed by atoms with Gasteiger partial charge in [0.25, 0.3) is 0 Å². The Labute approximate surface area is 115 Å². The SMILES string of the molecule is CCCNc1ncc(COc2cncc(Cl)c2)s1. The molecule has 0 radical (unpaired) electrons. The van der Waals surface area contributed by atoms with Crippen LogP contribution in [0.5, 0.6) is 5.75 Å². The molecule has 2 rings (SSSR count). The van der Waals surface area contributed by atoms with Gasteiger partial charge >= 0.3 is 0 Å². The Bertz CT molecular complexity index is 504. The minimum Gasteiger partial charge on any atom is -0.486 e.